The van der Waals surface area contributed by atoms with Gasteiger partial charge in [-0.2, -0.15) is 0 Å². The van der Waals surface area contributed by atoms with Gasteiger partial charge in [0.2, 0.25) is 0 Å². The van der Waals surface area contributed by atoms with Gasteiger partial charge >= 0.3 is 0 Å². The lowest BCUT2D eigenvalue weighted by Crippen LogP contribution is -2.29. The third kappa shape index (κ3) is 5.80. The summed E-state index contributed by atoms with van der Waals surface area (Å²) >= 11 is 0. The lowest BCUT2D eigenvalue weighted by atomic mass is 10.1. The molecule has 1 aliphatic heterocycles. The number of phenols is 2. The van der Waals surface area contributed by atoms with E-state index in [0.717, 1.165) is 48.9 Å². The van der Waals surface area contributed by atoms with Crippen molar-refractivity contribution in [3.63, 3.8) is 0 Å². The third-order valence-electron chi connectivity index (χ3n) is 6.16. The van der Waals surface area contributed by atoms with E-state index in [1.165, 1.54) is 11.0 Å². The second-order valence-corrected chi connectivity index (χ2v) is 8.80. The molecule has 0 spiro atoms. The van der Waals surface area contributed by atoms with E-state index >= 15 is 0 Å². The van der Waals surface area contributed by atoms with Gasteiger partial charge in [0.05, 0.1) is 17.7 Å². The topological polar surface area (TPSA) is 93.6 Å². The number of amides is 2. The van der Waals surface area contributed by atoms with Gasteiger partial charge in [-0.15, -0.1) is 0 Å². The Bertz CT molecular complexity index is 1040. The predicted octanol–water partition coefficient (Wildman–Crippen LogP) is 3.46. The summed E-state index contributed by atoms with van der Waals surface area (Å²) in [4.78, 5) is 31.2. The molecule has 2 aromatic rings. The normalized spacial score (nSPS) is 12.7. The lowest BCUT2D eigenvalue weighted by molar-refractivity contribution is 0.0748. The summed E-state index contributed by atoms with van der Waals surface area (Å²) in [5.41, 5.74) is 2.01. The molecule has 1 aliphatic rings. The molecule has 8 nitrogen and oxygen atoms in total. The number of nitrogens with zero attached hydrogens (tertiary/aromatic N) is 3. The van der Waals surface area contributed by atoms with Crippen LogP contribution in [0.5, 0.6) is 17.2 Å². The largest absolute Gasteiger partial charge is 0.507 e. The first-order valence-electron chi connectivity index (χ1n) is 11.8. The standard InChI is InChI=1S/C26H35N3O5/c1-5-10-28(4)25(32)21-14-22(24(31)15-23(21)30)26(33)29-16-18-8-9-20(13-19(18)17-29)34-12-7-11-27(3)6-2/h8-9,13-15,30-31H,5-7,10-12,16-17H2,1-4H3. The number of aromatic hydroxyl groups is 2. The minimum absolute atomic E-state index is 0.00165. The molecule has 0 aromatic heterocycles. The quantitative estimate of drug-likeness (QED) is 0.518. The van der Waals surface area contributed by atoms with Crippen molar-refractivity contribution in [1.82, 2.24) is 14.7 Å². The molecule has 184 valence electrons. The Balaban J connectivity index is 1.70. The zero-order valence-electron chi connectivity index (χ0n) is 20.5. The van der Waals surface area contributed by atoms with Crippen molar-refractivity contribution < 1.29 is 24.5 Å². The molecular formula is C26H35N3O5. The molecule has 0 unspecified atom stereocenters. The fraction of sp³-hybridized carbons (Fsp3) is 0.462. The van der Waals surface area contributed by atoms with Crippen LogP contribution in [0.3, 0.4) is 0 Å². The molecule has 8 heteroatoms. The molecule has 0 radical (unpaired) electrons. The smallest absolute Gasteiger partial charge is 0.258 e. The van der Waals surface area contributed by atoms with E-state index in [-0.39, 0.29) is 22.6 Å². The Morgan fingerprint density at radius 3 is 2.38 bits per heavy atom. The summed E-state index contributed by atoms with van der Waals surface area (Å²) in [5.74, 6) is -0.727. The molecule has 1 heterocycles. The van der Waals surface area contributed by atoms with Gasteiger partial charge in [-0.05, 0) is 55.8 Å². The molecule has 0 aliphatic carbocycles. The van der Waals surface area contributed by atoms with E-state index in [2.05, 4.69) is 18.9 Å². The Labute approximate surface area is 201 Å². The molecule has 0 fully saturated rings. The number of ether oxygens (including phenoxy) is 1. The SMILES string of the molecule is CCCN(C)C(=O)c1cc(C(=O)N2Cc3ccc(OCCCN(C)CC)cc3C2)c(O)cc1O. The predicted molar refractivity (Wildman–Crippen MR) is 130 cm³/mol. The van der Waals surface area contributed by atoms with Crippen LogP contribution < -0.4 is 4.74 Å². The van der Waals surface area contributed by atoms with Crippen LogP contribution >= 0.6 is 0 Å². The van der Waals surface area contributed by atoms with E-state index in [0.29, 0.717) is 26.2 Å². The monoisotopic (exact) mass is 469 g/mol. The van der Waals surface area contributed by atoms with Crippen molar-refractivity contribution in [3.8, 4) is 17.2 Å². The van der Waals surface area contributed by atoms with Gasteiger partial charge in [0.1, 0.15) is 17.2 Å². The number of benzene rings is 2. The van der Waals surface area contributed by atoms with Crippen molar-refractivity contribution in [1.29, 1.82) is 0 Å². The lowest BCUT2D eigenvalue weighted by Gasteiger charge is -2.20. The fourth-order valence-corrected chi connectivity index (χ4v) is 4.02. The minimum Gasteiger partial charge on any atom is -0.507 e. The molecular weight excluding hydrogens is 434 g/mol. The van der Waals surface area contributed by atoms with Crippen LogP contribution in [-0.4, -0.2) is 77.1 Å². The van der Waals surface area contributed by atoms with Crippen molar-refractivity contribution in [2.24, 2.45) is 0 Å². The number of carbonyl (C=O) groups excluding carboxylic acids is 2. The van der Waals surface area contributed by atoms with Crippen molar-refractivity contribution in [2.45, 2.75) is 39.8 Å². The van der Waals surface area contributed by atoms with Crippen LogP contribution in [0.2, 0.25) is 0 Å². The molecule has 34 heavy (non-hydrogen) atoms. The van der Waals surface area contributed by atoms with Crippen molar-refractivity contribution in [2.75, 3.05) is 40.3 Å². The summed E-state index contributed by atoms with van der Waals surface area (Å²) in [6.07, 6.45) is 1.70. The highest BCUT2D eigenvalue weighted by Crippen LogP contribution is 2.33. The molecule has 0 atom stereocenters. The van der Waals surface area contributed by atoms with Crippen LogP contribution in [0.25, 0.3) is 0 Å². The number of hydrogen-bond acceptors (Lipinski definition) is 6. The van der Waals surface area contributed by atoms with Crippen molar-refractivity contribution in [3.05, 3.63) is 52.6 Å². The van der Waals surface area contributed by atoms with Gasteiger partial charge in [0, 0.05) is 39.3 Å². The molecule has 2 N–H and O–H groups in total. The third-order valence-corrected chi connectivity index (χ3v) is 6.16. The first-order chi connectivity index (χ1) is 16.2. The average Bonchev–Trinajstić information content (AvgIpc) is 3.24. The summed E-state index contributed by atoms with van der Waals surface area (Å²) in [6, 6.07) is 8.17. The van der Waals surface area contributed by atoms with E-state index < -0.39 is 11.8 Å². The zero-order valence-corrected chi connectivity index (χ0v) is 20.5. The van der Waals surface area contributed by atoms with Crippen molar-refractivity contribution >= 4 is 11.8 Å². The highest BCUT2D eigenvalue weighted by Gasteiger charge is 2.28. The maximum Gasteiger partial charge on any atom is 0.258 e. The van der Waals surface area contributed by atoms with E-state index in [1.54, 1.807) is 11.9 Å². The second-order valence-electron chi connectivity index (χ2n) is 8.80. The number of hydrogen-bond donors (Lipinski definition) is 2. The van der Waals surface area contributed by atoms with Gasteiger partial charge in [-0.25, -0.2) is 0 Å². The summed E-state index contributed by atoms with van der Waals surface area (Å²) < 4.78 is 5.88. The van der Waals surface area contributed by atoms with Gasteiger partial charge < -0.3 is 29.6 Å². The van der Waals surface area contributed by atoms with E-state index in [9.17, 15) is 19.8 Å². The molecule has 0 saturated heterocycles. The zero-order chi connectivity index (χ0) is 24.8. The van der Waals surface area contributed by atoms with E-state index in [4.69, 9.17) is 4.74 Å². The molecule has 0 bridgehead atoms. The Hall–Kier alpha value is -3.26. The van der Waals surface area contributed by atoms with Gasteiger partial charge in [0.15, 0.2) is 0 Å². The average molecular weight is 470 g/mol. The Morgan fingerprint density at radius 2 is 1.68 bits per heavy atom. The molecule has 3 rings (SSSR count). The first-order valence-corrected chi connectivity index (χ1v) is 11.8. The van der Waals surface area contributed by atoms with Gasteiger partial charge in [-0.1, -0.05) is 19.9 Å². The van der Waals surface area contributed by atoms with Crippen LogP contribution in [0.1, 0.15) is 58.5 Å². The number of fused-ring (bicyclic) bond motifs is 1. The van der Waals surface area contributed by atoms with Crippen LogP contribution in [0.4, 0.5) is 0 Å². The second kappa shape index (κ2) is 11.2. The highest BCUT2D eigenvalue weighted by atomic mass is 16.5. The first kappa shape index (κ1) is 25.4. The summed E-state index contributed by atoms with van der Waals surface area (Å²) in [6.45, 7) is 7.96. The Kier molecular flexibility index (Phi) is 8.39. The van der Waals surface area contributed by atoms with Crippen LogP contribution in [0, 0.1) is 0 Å². The maximum absolute atomic E-state index is 13.2. The molecule has 0 saturated carbocycles. The fourth-order valence-electron chi connectivity index (χ4n) is 4.02. The van der Waals surface area contributed by atoms with E-state index in [1.807, 2.05) is 25.1 Å². The molecule has 2 aromatic carbocycles. The number of rotatable bonds is 10. The molecule has 2 amide bonds. The summed E-state index contributed by atoms with van der Waals surface area (Å²) in [7, 11) is 3.72. The highest BCUT2D eigenvalue weighted by molar-refractivity contribution is 6.03. The minimum atomic E-state index is -0.398. The van der Waals surface area contributed by atoms with Gasteiger partial charge in [0.25, 0.3) is 11.8 Å². The van der Waals surface area contributed by atoms with Crippen LogP contribution in [-0.2, 0) is 13.1 Å². The number of carbonyl (C=O) groups is 2. The van der Waals surface area contributed by atoms with Crippen LogP contribution in [0.15, 0.2) is 30.3 Å². The maximum atomic E-state index is 13.2. The Morgan fingerprint density at radius 1 is 0.971 bits per heavy atom. The van der Waals surface area contributed by atoms with Gasteiger partial charge in [-0.3, -0.25) is 9.59 Å². The number of phenolic OH excluding ortho intramolecular Hbond substituents is 2. The summed E-state index contributed by atoms with van der Waals surface area (Å²) in [5, 5.41) is 20.6.